The summed E-state index contributed by atoms with van der Waals surface area (Å²) < 4.78 is 0. The number of hydrogen-bond acceptors (Lipinski definition) is 5. The van der Waals surface area contributed by atoms with Crippen LogP contribution >= 0.6 is 11.8 Å². The highest BCUT2D eigenvalue weighted by Crippen LogP contribution is 2.14. The largest absolute Gasteiger partial charge is 0.340 e. The molecule has 1 unspecified atom stereocenters. The van der Waals surface area contributed by atoms with Gasteiger partial charge in [0.25, 0.3) is 0 Å². The van der Waals surface area contributed by atoms with Crippen LogP contribution in [0.5, 0.6) is 0 Å². The third-order valence-electron chi connectivity index (χ3n) is 4.88. The molecular weight excluding hydrogens is 348 g/mol. The Balaban J connectivity index is 1.45. The van der Waals surface area contributed by atoms with Gasteiger partial charge in [0.15, 0.2) is 0 Å². The van der Waals surface area contributed by atoms with E-state index in [-0.39, 0.29) is 17.9 Å². The molecule has 2 saturated heterocycles. The van der Waals surface area contributed by atoms with E-state index in [0.717, 1.165) is 55.5 Å². The molecule has 0 saturated carbocycles. The van der Waals surface area contributed by atoms with Gasteiger partial charge in [-0.15, -0.1) is 0 Å². The smallest absolute Gasteiger partial charge is 0.227 e. The summed E-state index contributed by atoms with van der Waals surface area (Å²) in [6.45, 7) is 4.45. The van der Waals surface area contributed by atoms with Gasteiger partial charge in [-0.2, -0.15) is 11.8 Å². The zero-order valence-electron chi connectivity index (χ0n) is 15.4. The van der Waals surface area contributed by atoms with Gasteiger partial charge in [-0.3, -0.25) is 9.59 Å². The number of amides is 2. The number of rotatable bonds is 5. The summed E-state index contributed by atoms with van der Waals surface area (Å²) in [4.78, 5) is 28.7. The number of nitrogens with one attached hydrogen (secondary N) is 2. The van der Waals surface area contributed by atoms with Crippen molar-refractivity contribution in [1.82, 2.24) is 15.1 Å². The molecule has 2 N–H and O–H groups in total. The lowest BCUT2D eigenvalue weighted by atomic mass is 10.1. The SMILES string of the molecule is CN1CCN(C(=O)Cc2ccc(NC(=O)CC3CSCCN3)cc2)CC1. The summed E-state index contributed by atoms with van der Waals surface area (Å²) >= 11 is 1.89. The highest BCUT2D eigenvalue weighted by molar-refractivity contribution is 7.99. The van der Waals surface area contributed by atoms with Crippen molar-refractivity contribution in [2.75, 3.05) is 56.6 Å². The van der Waals surface area contributed by atoms with Gasteiger partial charge in [0.2, 0.25) is 11.8 Å². The predicted molar refractivity (Wildman–Crippen MR) is 107 cm³/mol. The second-order valence-electron chi connectivity index (χ2n) is 7.04. The Kier molecular flexibility index (Phi) is 6.93. The highest BCUT2D eigenvalue weighted by atomic mass is 32.2. The normalized spacial score (nSPS) is 21.4. The fourth-order valence-corrected chi connectivity index (χ4v) is 4.18. The third-order valence-corrected chi connectivity index (χ3v) is 6.01. The standard InChI is InChI=1S/C19H28N4O2S/c1-22-7-9-23(10-8-22)19(25)12-15-2-4-16(5-3-15)21-18(24)13-17-14-26-11-6-20-17/h2-5,17,20H,6-14H2,1H3,(H,21,24). The van der Waals surface area contributed by atoms with Crippen molar-refractivity contribution < 1.29 is 9.59 Å². The van der Waals surface area contributed by atoms with Gasteiger partial charge in [-0.05, 0) is 24.7 Å². The summed E-state index contributed by atoms with van der Waals surface area (Å²) in [5, 5.41) is 6.32. The van der Waals surface area contributed by atoms with Gasteiger partial charge in [0, 0.05) is 62.4 Å². The Labute approximate surface area is 159 Å². The fraction of sp³-hybridized carbons (Fsp3) is 0.579. The minimum absolute atomic E-state index is 0.0336. The summed E-state index contributed by atoms with van der Waals surface area (Å²) in [6.07, 6.45) is 0.914. The summed E-state index contributed by atoms with van der Waals surface area (Å²) in [5.74, 6) is 2.31. The maximum Gasteiger partial charge on any atom is 0.227 e. The Morgan fingerprint density at radius 1 is 1.19 bits per heavy atom. The average molecular weight is 377 g/mol. The van der Waals surface area contributed by atoms with Crippen LogP contribution in [0.25, 0.3) is 0 Å². The molecule has 7 heteroatoms. The van der Waals surface area contributed by atoms with Gasteiger partial charge in [-0.1, -0.05) is 12.1 Å². The molecule has 2 aliphatic rings. The molecule has 142 valence electrons. The van der Waals surface area contributed by atoms with E-state index in [1.807, 2.05) is 40.9 Å². The maximum atomic E-state index is 12.4. The van der Waals surface area contributed by atoms with Crippen molar-refractivity contribution in [1.29, 1.82) is 0 Å². The molecule has 1 aromatic rings. The first kappa shape index (κ1) is 19.2. The lowest BCUT2D eigenvalue weighted by Crippen LogP contribution is -2.47. The van der Waals surface area contributed by atoms with Gasteiger partial charge in [0.1, 0.15) is 0 Å². The molecule has 2 heterocycles. The van der Waals surface area contributed by atoms with E-state index in [0.29, 0.717) is 12.8 Å². The lowest BCUT2D eigenvalue weighted by molar-refractivity contribution is -0.132. The number of thioether (sulfide) groups is 1. The quantitative estimate of drug-likeness (QED) is 0.804. The molecule has 1 atom stereocenters. The molecule has 6 nitrogen and oxygen atoms in total. The lowest BCUT2D eigenvalue weighted by Gasteiger charge is -2.32. The second-order valence-corrected chi connectivity index (χ2v) is 8.19. The summed E-state index contributed by atoms with van der Waals surface area (Å²) in [5.41, 5.74) is 1.77. The Morgan fingerprint density at radius 2 is 1.92 bits per heavy atom. The van der Waals surface area contributed by atoms with E-state index in [9.17, 15) is 9.59 Å². The van der Waals surface area contributed by atoms with Crippen LogP contribution in [0.4, 0.5) is 5.69 Å². The first-order valence-electron chi connectivity index (χ1n) is 9.26. The highest BCUT2D eigenvalue weighted by Gasteiger charge is 2.19. The van der Waals surface area contributed by atoms with Gasteiger partial charge < -0.3 is 20.4 Å². The number of piperazine rings is 1. The van der Waals surface area contributed by atoms with Crippen molar-refractivity contribution in [2.24, 2.45) is 0 Å². The zero-order chi connectivity index (χ0) is 18.4. The predicted octanol–water partition coefficient (Wildman–Crippen LogP) is 1.04. The molecule has 0 radical (unpaired) electrons. The van der Waals surface area contributed by atoms with Crippen LogP contribution in [0.2, 0.25) is 0 Å². The van der Waals surface area contributed by atoms with Crippen molar-refractivity contribution >= 4 is 29.3 Å². The van der Waals surface area contributed by atoms with Crippen LogP contribution in [0.15, 0.2) is 24.3 Å². The molecule has 1 aromatic carbocycles. The molecular formula is C19H28N4O2S. The van der Waals surface area contributed by atoms with Crippen molar-refractivity contribution in [3.63, 3.8) is 0 Å². The number of benzene rings is 1. The van der Waals surface area contributed by atoms with E-state index in [2.05, 4.69) is 22.6 Å². The summed E-state index contributed by atoms with van der Waals surface area (Å²) in [6, 6.07) is 7.88. The molecule has 0 aromatic heterocycles. The number of anilines is 1. The number of hydrogen-bond donors (Lipinski definition) is 2. The van der Waals surface area contributed by atoms with Crippen LogP contribution in [0, 0.1) is 0 Å². The van der Waals surface area contributed by atoms with Gasteiger partial charge in [0.05, 0.1) is 6.42 Å². The number of carbonyl (C=O) groups excluding carboxylic acids is 2. The monoisotopic (exact) mass is 376 g/mol. The first-order chi connectivity index (χ1) is 12.6. The van der Waals surface area contributed by atoms with Crippen molar-refractivity contribution in [3.8, 4) is 0 Å². The van der Waals surface area contributed by atoms with Crippen LogP contribution in [-0.2, 0) is 16.0 Å². The van der Waals surface area contributed by atoms with Crippen LogP contribution in [-0.4, -0.2) is 78.9 Å². The Bertz CT molecular complexity index is 608. The molecule has 26 heavy (non-hydrogen) atoms. The second kappa shape index (κ2) is 9.39. The topological polar surface area (TPSA) is 64.7 Å². The molecule has 0 bridgehead atoms. The van der Waals surface area contributed by atoms with Crippen molar-refractivity contribution in [2.45, 2.75) is 18.9 Å². The van der Waals surface area contributed by atoms with E-state index >= 15 is 0 Å². The molecule has 2 amide bonds. The molecule has 0 aliphatic carbocycles. The van der Waals surface area contributed by atoms with Crippen LogP contribution in [0.3, 0.4) is 0 Å². The maximum absolute atomic E-state index is 12.4. The van der Waals surface area contributed by atoms with Crippen LogP contribution < -0.4 is 10.6 Å². The minimum Gasteiger partial charge on any atom is -0.340 e. The number of likely N-dealkylation sites (N-methyl/N-ethyl adjacent to an activating group) is 1. The zero-order valence-corrected chi connectivity index (χ0v) is 16.2. The molecule has 2 fully saturated rings. The fourth-order valence-electron chi connectivity index (χ4n) is 3.23. The Morgan fingerprint density at radius 3 is 2.58 bits per heavy atom. The van der Waals surface area contributed by atoms with E-state index in [1.165, 1.54) is 0 Å². The van der Waals surface area contributed by atoms with Gasteiger partial charge >= 0.3 is 0 Å². The van der Waals surface area contributed by atoms with Gasteiger partial charge in [-0.25, -0.2) is 0 Å². The van der Waals surface area contributed by atoms with E-state index < -0.39 is 0 Å². The Hall–Kier alpha value is -1.57. The minimum atomic E-state index is 0.0336. The molecule has 2 aliphatic heterocycles. The van der Waals surface area contributed by atoms with E-state index in [1.54, 1.807) is 0 Å². The number of nitrogens with zero attached hydrogens (tertiary/aromatic N) is 2. The van der Waals surface area contributed by atoms with Crippen LogP contribution in [0.1, 0.15) is 12.0 Å². The van der Waals surface area contributed by atoms with E-state index in [4.69, 9.17) is 0 Å². The molecule has 0 spiro atoms. The molecule has 3 rings (SSSR count). The average Bonchev–Trinajstić information content (AvgIpc) is 2.64. The van der Waals surface area contributed by atoms with Crippen molar-refractivity contribution in [3.05, 3.63) is 29.8 Å². The first-order valence-corrected chi connectivity index (χ1v) is 10.4. The third kappa shape index (κ3) is 5.72. The summed E-state index contributed by atoms with van der Waals surface area (Å²) in [7, 11) is 2.08. The number of carbonyl (C=O) groups is 2.